The number of methoxy groups -OCH3 is 1. The second-order valence-electron chi connectivity index (χ2n) is 3.91. The summed E-state index contributed by atoms with van der Waals surface area (Å²) in [5, 5.41) is 9.32. The van der Waals surface area contributed by atoms with Gasteiger partial charge in [0, 0.05) is 13.1 Å². The lowest BCUT2D eigenvalue weighted by atomic mass is 10.2. The van der Waals surface area contributed by atoms with Gasteiger partial charge in [-0.15, -0.1) is 0 Å². The molecule has 1 heterocycles. The quantitative estimate of drug-likeness (QED) is 0.821. The minimum Gasteiger partial charge on any atom is -0.497 e. The highest BCUT2D eigenvalue weighted by Crippen LogP contribution is 2.17. The molecule has 1 atom stereocenters. The van der Waals surface area contributed by atoms with Gasteiger partial charge in [0.05, 0.1) is 7.11 Å². The van der Waals surface area contributed by atoms with Gasteiger partial charge in [-0.05, 0) is 24.1 Å². The molecule has 1 amide bonds. The molecule has 0 aromatic heterocycles. The maximum absolute atomic E-state index is 11.5. The number of aliphatic hydroxyl groups is 1. The number of carbonyl (C=O) groups excluding carboxylic acids is 1. The number of amides is 1. The van der Waals surface area contributed by atoms with Gasteiger partial charge in [0.2, 0.25) is 0 Å². The lowest BCUT2D eigenvalue weighted by molar-refractivity contribution is -0.134. The van der Waals surface area contributed by atoms with E-state index >= 15 is 0 Å². The van der Waals surface area contributed by atoms with Crippen molar-refractivity contribution in [1.29, 1.82) is 0 Å². The van der Waals surface area contributed by atoms with Gasteiger partial charge in [0.15, 0.2) is 0 Å². The van der Waals surface area contributed by atoms with E-state index in [1.54, 1.807) is 12.0 Å². The number of ether oxygens (including phenoxy) is 1. The number of rotatable bonds is 3. The van der Waals surface area contributed by atoms with Gasteiger partial charge in [-0.25, -0.2) is 0 Å². The number of benzene rings is 1. The van der Waals surface area contributed by atoms with Crippen molar-refractivity contribution in [2.45, 2.75) is 19.1 Å². The number of hydrogen-bond acceptors (Lipinski definition) is 3. The average molecular weight is 221 g/mol. The molecule has 1 saturated heterocycles. The zero-order valence-corrected chi connectivity index (χ0v) is 9.22. The zero-order chi connectivity index (χ0) is 11.5. The van der Waals surface area contributed by atoms with Crippen LogP contribution in [0.3, 0.4) is 0 Å². The van der Waals surface area contributed by atoms with E-state index in [9.17, 15) is 9.90 Å². The maximum Gasteiger partial charge on any atom is 0.251 e. The van der Waals surface area contributed by atoms with Crippen LogP contribution in [0.5, 0.6) is 5.75 Å². The third kappa shape index (κ3) is 2.17. The van der Waals surface area contributed by atoms with Crippen LogP contribution < -0.4 is 4.74 Å². The van der Waals surface area contributed by atoms with E-state index in [0.29, 0.717) is 19.5 Å². The van der Waals surface area contributed by atoms with Gasteiger partial charge in [-0.2, -0.15) is 0 Å². The van der Waals surface area contributed by atoms with Gasteiger partial charge < -0.3 is 14.7 Å². The van der Waals surface area contributed by atoms with E-state index in [4.69, 9.17) is 4.74 Å². The Labute approximate surface area is 94.4 Å². The van der Waals surface area contributed by atoms with Crippen molar-refractivity contribution < 1.29 is 14.6 Å². The second-order valence-corrected chi connectivity index (χ2v) is 3.91. The van der Waals surface area contributed by atoms with Crippen molar-refractivity contribution in [3.05, 3.63) is 29.8 Å². The SMILES string of the molecule is COc1ccc(CN2CC[C@H](O)C2=O)cc1. The molecule has 1 N–H and O–H groups in total. The van der Waals surface area contributed by atoms with Crippen LogP contribution >= 0.6 is 0 Å². The Morgan fingerprint density at radius 2 is 2.12 bits per heavy atom. The van der Waals surface area contributed by atoms with E-state index in [1.165, 1.54) is 0 Å². The molecule has 1 aromatic rings. The largest absolute Gasteiger partial charge is 0.497 e. The summed E-state index contributed by atoms with van der Waals surface area (Å²) in [5.41, 5.74) is 1.04. The van der Waals surface area contributed by atoms with Crippen molar-refractivity contribution >= 4 is 5.91 Å². The van der Waals surface area contributed by atoms with Crippen molar-refractivity contribution in [1.82, 2.24) is 4.90 Å². The molecule has 0 aliphatic carbocycles. The molecule has 0 spiro atoms. The van der Waals surface area contributed by atoms with E-state index in [1.807, 2.05) is 24.3 Å². The molecule has 1 fully saturated rings. The Kier molecular flexibility index (Phi) is 3.10. The molecule has 0 bridgehead atoms. The number of aliphatic hydroxyl groups excluding tert-OH is 1. The first kappa shape index (κ1) is 11.0. The molecule has 4 nitrogen and oxygen atoms in total. The fraction of sp³-hybridized carbons (Fsp3) is 0.417. The fourth-order valence-electron chi connectivity index (χ4n) is 1.83. The third-order valence-corrected chi connectivity index (χ3v) is 2.80. The Morgan fingerprint density at radius 1 is 1.44 bits per heavy atom. The number of nitrogens with zero attached hydrogens (tertiary/aromatic N) is 1. The summed E-state index contributed by atoms with van der Waals surface area (Å²) in [6.45, 7) is 1.19. The zero-order valence-electron chi connectivity index (χ0n) is 9.22. The van der Waals surface area contributed by atoms with Crippen LogP contribution in [-0.4, -0.2) is 35.7 Å². The Morgan fingerprint density at radius 3 is 2.62 bits per heavy atom. The molecular formula is C12H15NO3. The first-order chi connectivity index (χ1) is 7.70. The van der Waals surface area contributed by atoms with Crippen LogP contribution in [0, 0.1) is 0 Å². The Hall–Kier alpha value is -1.55. The standard InChI is InChI=1S/C12H15NO3/c1-16-10-4-2-9(3-5-10)8-13-7-6-11(14)12(13)15/h2-5,11,14H,6-8H2,1H3/t11-/m0/s1. The molecular weight excluding hydrogens is 206 g/mol. The minimum absolute atomic E-state index is 0.171. The van der Waals surface area contributed by atoms with Crippen molar-refractivity contribution in [2.75, 3.05) is 13.7 Å². The summed E-state index contributed by atoms with van der Waals surface area (Å²) in [4.78, 5) is 13.2. The fourth-order valence-corrected chi connectivity index (χ4v) is 1.83. The van der Waals surface area contributed by atoms with Crippen LogP contribution in [0.25, 0.3) is 0 Å². The third-order valence-electron chi connectivity index (χ3n) is 2.80. The molecule has 0 unspecified atom stereocenters. The summed E-state index contributed by atoms with van der Waals surface area (Å²) in [7, 11) is 1.62. The molecule has 1 aliphatic heterocycles. The average Bonchev–Trinajstić information content (AvgIpc) is 2.62. The summed E-state index contributed by atoms with van der Waals surface area (Å²) in [5.74, 6) is 0.632. The van der Waals surface area contributed by atoms with Gasteiger partial charge in [-0.1, -0.05) is 12.1 Å². The number of likely N-dealkylation sites (tertiary alicyclic amines) is 1. The van der Waals surface area contributed by atoms with Gasteiger partial charge >= 0.3 is 0 Å². The van der Waals surface area contributed by atoms with Crippen LogP contribution in [0.2, 0.25) is 0 Å². The molecule has 16 heavy (non-hydrogen) atoms. The summed E-state index contributed by atoms with van der Waals surface area (Å²) >= 11 is 0. The highest BCUT2D eigenvalue weighted by atomic mass is 16.5. The molecule has 2 rings (SSSR count). The highest BCUT2D eigenvalue weighted by molar-refractivity contribution is 5.82. The molecule has 4 heteroatoms. The van der Waals surface area contributed by atoms with Gasteiger partial charge in [0.25, 0.3) is 5.91 Å². The van der Waals surface area contributed by atoms with E-state index in [-0.39, 0.29) is 5.91 Å². The van der Waals surface area contributed by atoms with Crippen molar-refractivity contribution in [3.8, 4) is 5.75 Å². The van der Waals surface area contributed by atoms with Crippen LogP contribution in [0.15, 0.2) is 24.3 Å². The first-order valence-electron chi connectivity index (χ1n) is 5.30. The number of hydrogen-bond donors (Lipinski definition) is 1. The van der Waals surface area contributed by atoms with Crippen LogP contribution in [0.4, 0.5) is 0 Å². The predicted molar refractivity (Wildman–Crippen MR) is 59.0 cm³/mol. The molecule has 1 aromatic carbocycles. The Balaban J connectivity index is 2.01. The lowest BCUT2D eigenvalue weighted by Crippen LogP contribution is -2.28. The molecule has 0 saturated carbocycles. The molecule has 86 valence electrons. The van der Waals surface area contributed by atoms with E-state index < -0.39 is 6.10 Å². The summed E-state index contributed by atoms with van der Waals surface area (Å²) in [6.07, 6.45) is -0.270. The highest BCUT2D eigenvalue weighted by Gasteiger charge is 2.29. The molecule has 1 aliphatic rings. The normalized spacial score (nSPS) is 20.2. The predicted octanol–water partition coefficient (Wildman–Crippen LogP) is 0.788. The van der Waals surface area contributed by atoms with Crippen molar-refractivity contribution in [3.63, 3.8) is 0 Å². The monoisotopic (exact) mass is 221 g/mol. The first-order valence-corrected chi connectivity index (χ1v) is 5.30. The summed E-state index contributed by atoms with van der Waals surface area (Å²) < 4.78 is 5.06. The lowest BCUT2D eigenvalue weighted by Gasteiger charge is -2.15. The van der Waals surface area contributed by atoms with E-state index in [0.717, 1.165) is 11.3 Å². The maximum atomic E-state index is 11.5. The number of carbonyl (C=O) groups is 1. The second kappa shape index (κ2) is 4.53. The minimum atomic E-state index is -0.807. The molecule has 0 radical (unpaired) electrons. The van der Waals surface area contributed by atoms with Crippen LogP contribution in [-0.2, 0) is 11.3 Å². The van der Waals surface area contributed by atoms with Crippen molar-refractivity contribution in [2.24, 2.45) is 0 Å². The Bertz CT molecular complexity index is 374. The van der Waals surface area contributed by atoms with Crippen LogP contribution in [0.1, 0.15) is 12.0 Å². The smallest absolute Gasteiger partial charge is 0.251 e. The van der Waals surface area contributed by atoms with E-state index in [2.05, 4.69) is 0 Å². The van der Waals surface area contributed by atoms with Gasteiger partial charge in [0.1, 0.15) is 11.9 Å². The van der Waals surface area contributed by atoms with Gasteiger partial charge in [-0.3, -0.25) is 4.79 Å². The summed E-state index contributed by atoms with van der Waals surface area (Å²) in [6, 6.07) is 7.59. The topological polar surface area (TPSA) is 49.8 Å².